The minimum atomic E-state index is 0.674. The zero-order valence-corrected chi connectivity index (χ0v) is 12.6. The van der Waals surface area contributed by atoms with E-state index in [1.54, 1.807) is 0 Å². The van der Waals surface area contributed by atoms with Gasteiger partial charge in [-0.05, 0) is 19.9 Å². The van der Waals surface area contributed by atoms with Gasteiger partial charge in [-0.15, -0.1) is 0 Å². The highest BCUT2D eigenvalue weighted by Gasteiger charge is 2.41. The summed E-state index contributed by atoms with van der Waals surface area (Å²) in [6, 6.07) is 0. The fourth-order valence-electron chi connectivity index (χ4n) is 2.22. The smallest absolute Gasteiger partial charge is 0.0472 e. The molecule has 2 fully saturated rings. The highest BCUT2D eigenvalue weighted by molar-refractivity contribution is 4.94. The van der Waals surface area contributed by atoms with E-state index in [4.69, 9.17) is 4.74 Å². The van der Waals surface area contributed by atoms with Crippen molar-refractivity contribution in [1.29, 1.82) is 0 Å². The molecule has 0 atom stereocenters. The number of ether oxygens (including phenoxy) is 1. The molecule has 2 saturated heterocycles. The number of likely N-dealkylation sites (tertiary alicyclic amines) is 1. The van der Waals surface area contributed by atoms with Crippen molar-refractivity contribution < 1.29 is 4.74 Å². The monoisotopic (exact) mass is 231 g/mol. The topological polar surface area (TPSA) is 12.5 Å². The van der Waals surface area contributed by atoms with E-state index < -0.39 is 0 Å². The number of hydrogen-bond acceptors (Lipinski definition) is 2. The zero-order chi connectivity index (χ0) is 13.0. The first-order valence-corrected chi connectivity index (χ1v) is 7.07. The zero-order valence-electron chi connectivity index (χ0n) is 12.6. The minimum Gasteiger partial charge on any atom is -0.381 e. The fourth-order valence-corrected chi connectivity index (χ4v) is 2.22. The van der Waals surface area contributed by atoms with E-state index in [0.717, 1.165) is 13.2 Å². The maximum absolute atomic E-state index is 5.32. The summed E-state index contributed by atoms with van der Waals surface area (Å²) in [6.07, 6.45) is 2.58. The van der Waals surface area contributed by atoms with Crippen LogP contribution in [0.2, 0.25) is 0 Å². The van der Waals surface area contributed by atoms with E-state index in [1.165, 1.54) is 25.9 Å². The van der Waals surface area contributed by atoms with Crippen LogP contribution in [0.1, 0.15) is 54.4 Å². The Morgan fingerprint density at radius 2 is 1.19 bits per heavy atom. The Morgan fingerprint density at radius 3 is 1.50 bits per heavy atom. The Bertz CT molecular complexity index is 115. The molecular formula is C14H33NO. The molecule has 2 nitrogen and oxygen atoms in total. The molecule has 0 N–H and O–H groups in total. The first kappa shape index (κ1) is 18.3. The molecule has 16 heavy (non-hydrogen) atoms. The van der Waals surface area contributed by atoms with Crippen molar-refractivity contribution in [2.24, 2.45) is 5.41 Å². The van der Waals surface area contributed by atoms with Gasteiger partial charge in [0.1, 0.15) is 0 Å². The van der Waals surface area contributed by atoms with Crippen LogP contribution in [0.5, 0.6) is 0 Å². The van der Waals surface area contributed by atoms with Crippen molar-refractivity contribution in [1.82, 2.24) is 4.90 Å². The molecular weight excluding hydrogens is 198 g/mol. The second kappa shape index (κ2) is 11.4. The van der Waals surface area contributed by atoms with Crippen LogP contribution in [0.15, 0.2) is 0 Å². The van der Waals surface area contributed by atoms with Crippen LogP contribution in [0, 0.1) is 5.41 Å². The summed E-state index contributed by atoms with van der Waals surface area (Å²) in [5, 5.41) is 0. The summed E-state index contributed by atoms with van der Waals surface area (Å²) in [5.41, 5.74) is 0.674. The van der Waals surface area contributed by atoms with Crippen LogP contribution in [0.4, 0.5) is 0 Å². The molecule has 2 rings (SSSR count). The van der Waals surface area contributed by atoms with E-state index in [1.807, 2.05) is 41.5 Å². The van der Waals surface area contributed by atoms with Gasteiger partial charge in [-0.2, -0.15) is 0 Å². The lowest BCUT2D eigenvalue weighted by Crippen LogP contribution is -2.56. The third-order valence-electron chi connectivity index (χ3n) is 2.76. The van der Waals surface area contributed by atoms with Gasteiger partial charge in [0, 0.05) is 31.7 Å². The van der Waals surface area contributed by atoms with Crippen LogP contribution in [-0.2, 0) is 4.74 Å². The largest absolute Gasteiger partial charge is 0.381 e. The molecule has 1 spiro atoms. The van der Waals surface area contributed by atoms with Crippen molar-refractivity contribution in [2.75, 3.05) is 33.4 Å². The van der Waals surface area contributed by atoms with E-state index in [0.29, 0.717) is 5.41 Å². The number of nitrogens with zero attached hydrogens (tertiary/aromatic N) is 1. The number of hydrogen-bond donors (Lipinski definition) is 0. The van der Waals surface area contributed by atoms with E-state index in [9.17, 15) is 0 Å². The average molecular weight is 231 g/mol. The van der Waals surface area contributed by atoms with Crippen molar-refractivity contribution in [3.8, 4) is 0 Å². The van der Waals surface area contributed by atoms with Gasteiger partial charge in [-0.3, -0.25) is 0 Å². The van der Waals surface area contributed by atoms with Crippen molar-refractivity contribution >= 4 is 0 Å². The van der Waals surface area contributed by atoms with E-state index >= 15 is 0 Å². The van der Waals surface area contributed by atoms with Crippen LogP contribution in [0.25, 0.3) is 0 Å². The lowest BCUT2D eigenvalue weighted by molar-refractivity contribution is -0.0698. The van der Waals surface area contributed by atoms with Gasteiger partial charge in [-0.1, -0.05) is 41.5 Å². The van der Waals surface area contributed by atoms with E-state index in [2.05, 4.69) is 11.9 Å². The quantitative estimate of drug-likeness (QED) is 0.628. The summed E-state index contributed by atoms with van der Waals surface area (Å²) >= 11 is 0. The maximum atomic E-state index is 5.32. The molecule has 0 radical (unpaired) electrons. The molecule has 0 aliphatic carbocycles. The summed E-state index contributed by atoms with van der Waals surface area (Å²) in [7, 11) is 2.20. The first-order chi connectivity index (χ1) is 7.81. The van der Waals surface area contributed by atoms with Crippen LogP contribution in [-0.4, -0.2) is 38.3 Å². The molecule has 2 aliphatic heterocycles. The first-order valence-electron chi connectivity index (χ1n) is 7.07. The molecule has 2 heteroatoms. The van der Waals surface area contributed by atoms with Crippen LogP contribution in [0.3, 0.4) is 0 Å². The summed E-state index contributed by atoms with van der Waals surface area (Å²) < 4.78 is 5.32. The molecule has 0 aromatic carbocycles. The molecule has 2 heterocycles. The Kier molecular flexibility index (Phi) is 13.0. The van der Waals surface area contributed by atoms with Gasteiger partial charge in [0.25, 0.3) is 0 Å². The van der Waals surface area contributed by atoms with Crippen molar-refractivity contribution in [3.63, 3.8) is 0 Å². The Labute approximate surface area is 103 Å². The second-order valence-electron chi connectivity index (χ2n) is 3.78. The Morgan fingerprint density at radius 1 is 0.812 bits per heavy atom. The highest BCUT2D eigenvalue weighted by Crippen LogP contribution is 2.38. The van der Waals surface area contributed by atoms with Gasteiger partial charge in [-0.25, -0.2) is 0 Å². The molecule has 0 bridgehead atoms. The average Bonchev–Trinajstić information content (AvgIpc) is 2.36. The third-order valence-corrected chi connectivity index (χ3v) is 2.76. The lowest BCUT2D eigenvalue weighted by atomic mass is 9.74. The molecule has 0 amide bonds. The summed E-state index contributed by atoms with van der Waals surface area (Å²) in [5.74, 6) is 0. The molecule has 100 valence electrons. The molecule has 2 aliphatic rings. The van der Waals surface area contributed by atoms with Gasteiger partial charge < -0.3 is 9.64 Å². The third kappa shape index (κ3) is 5.86. The SMILES string of the molecule is CC.CC.CC.CN1CC2(CCOCC2)C1. The Hall–Kier alpha value is -0.0800. The maximum Gasteiger partial charge on any atom is 0.0472 e. The number of rotatable bonds is 0. The predicted molar refractivity (Wildman–Crippen MR) is 74.0 cm³/mol. The van der Waals surface area contributed by atoms with E-state index in [-0.39, 0.29) is 0 Å². The van der Waals surface area contributed by atoms with Gasteiger partial charge >= 0.3 is 0 Å². The normalized spacial score (nSPS) is 21.2. The fraction of sp³-hybridized carbons (Fsp3) is 1.00. The van der Waals surface area contributed by atoms with Crippen LogP contribution < -0.4 is 0 Å². The lowest BCUT2D eigenvalue weighted by Gasteiger charge is -2.50. The standard InChI is InChI=1S/C8H15NO.3C2H6/c1-9-6-8(7-9)2-4-10-5-3-8;3*1-2/h2-7H2,1H3;3*1-2H3. The predicted octanol–water partition coefficient (Wildman–Crippen LogP) is 3.81. The molecule has 0 aromatic heterocycles. The van der Waals surface area contributed by atoms with Gasteiger partial charge in [0.15, 0.2) is 0 Å². The van der Waals surface area contributed by atoms with Gasteiger partial charge in [0.05, 0.1) is 0 Å². The van der Waals surface area contributed by atoms with Crippen LogP contribution >= 0.6 is 0 Å². The second-order valence-corrected chi connectivity index (χ2v) is 3.78. The Balaban J connectivity index is 0. The summed E-state index contributed by atoms with van der Waals surface area (Å²) in [4.78, 5) is 2.39. The highest BCUT2D eigenvalue weighted by atomic mass is 16.5. The minimum absolute atomic E-state index is 0.674. The van der Waals surface area contributed by atoms with Gasteiger partial charge in [0.2, 0.25) is 0 Å². The molecule has 0 saturated carbocycles. The molecule has 0 aromatic rings. The summed E-state index contributed by atoms with van der Waals surface area (Å²) in [6.45, 7) is 16.6. The van der Waals surface area contributed by atoms with Crippen molar-refractivity contribution in [2.45, 2.75) is 54.4 Å². The molecule has 0 unspecified atom stereocenters. The van der Waals surface area contributed by atoms with Crippen molar-refractivity contribution in [3.05, 3.63) is 0 Å².